The van der Waals surface area contributed by atoms with E-state index in [-0.39, 0.29) is 17.7 Å². The van der Waals surface area contributed by atoms with Crippen molar-refractivity contribution in [3.8, 4) is 28.1 Å². The first-order valence-corrected chi connectivity index (χ1v) is 13.1. The van der Waals surface area contributed by atoms with Gasteiger partial charge < -0.3 is 20.1 Å². The predicted octanol–water partition coefficient (Wildman–Crippen LogP) is 6.27. The fourth-order valence-electron chi connectivity index (χ4n) is 4.62. The Bertz CT molecular complexity index is 1760. The number of aromatic hydroxyl groups is 1. The molecule has 8 heteroatoms. The number of hydrogen-bond donors (Lipinski definition) is 3. The number of nitrogens with one attached hydrogen (secondary N) is 1. The molecule has 7 nitrogen and oxygen atoms in total. The molecule has 0 radical (unpaired) electrons. The zero-order valence-corrected chi connectivity index (χ0v) is 23.0. The van der Waals surface area contributed by atoms with Crippen molar-refractivity contribution in [2.75, 3.05) is 5.32 Å². The van der Waals surface area contributed by atoms with Crippen LogP contribution in [0.5, 0.6) is 5.75 Å². The van der Waals surface area contributed by atoms with Crippen LogP contribution in [0.2, 0.25) is 0 Å². The number of nitrogens with zero attached hydrogens (tertiary/aromatic N) is 1. The second kappa shape index (κ2) is 10.7. The van der Waals surface area contributed by atoms with Gasteiger partial charge in [-0.3, -0.25) is 9.59 Å². The predicted molar refractivity (Wildman–Crippen MR) is 159 cm³/mol. The number of hydrogen-bond acceptors (Lipinski definition) is 4. The Morgan fingerprint density at radius 3 is 2.28 bits per heavy atom. The topological polar surface area (TPSA) is 109 Å². The molecule has 5 rings (SSSR count). The number of carbonyl (C=O) groups is 3. The summed E-state index contributed by atoms with van der Waals surface area (Å²) in [6.07, 6.45) is -0.0808. The van der Waals surface area contributed by atoms with Gasteiger partial charge in [-0.1, -0.05) is 60.7 Å². The maximum Gasteiger partial charge on any atom is 0.339 e. The van der Waals surface area contributed by atoms with Gasteiger partial charge in [-0.25, -0.2) is 4.79 Å². The van der Waals surface area contributed by atoms with Crippen molar-refractivity contribution in [1.29, 1.82) is 0 Å². The number of rotatable bonds is 7. The fraction of sp³-hybridized carbons (Fsp3) is 0.0645. The van der Waals surface area contributed by atoms with Gasteiger partial charge in [0.25, 0.3) is 5.91 Å². The zero-order chi connectivity index (χ0) is 27.7. The number of halogens is 1. The van der Waals surface area contributed by atoms with Crippen LogP contribution in [0.25, 0.3) is 33.3 Å². The molecule has 3 N–H and O–H groups in total. The van der Waals surface area contributed by atoms with Crippen LogP contribution in [0, 0.1) is 3.57 Å². The van der Waals surface area contributed by atoms with E-state index in [2.05, 4.69) is 27.9 Å². The third kappa shape index (κ3) is 5.28. The fourth-order valence-corrected chi connectivity index (χ4v) is 5.72. The Balaban J connectivity index is 1.37. The molecule has 1 amide bonds. The van der Waals surface area contributed by atoms with Crippen molar-refractivity contribution >= 4 is 56.8 Å². The third-order valence-corrected chi connectivity index (χ3v) is 7.62. The zero-order valence-electron chi connectivity index (χ0n) is 20.8. The van der Waals surface area contributed by atoms with Crippen molar-refractivity contribution < 1.29 is 24.6 Å². The summed E-state index contributed by atoms with van der Waals surface area (Å²) >= 11 is 2.16. The lowest BCUT2D eigenvalue weighted by Gasteiger charge is -2.09. The van der Waals surface area contributed by atoms with Crippen LogP contribution < -0.4 is 5.32 Å². The average Bonchev–Trinajstić information content (AvgIpc) is 3.17. The Morgan fingerprint density at radius 2 is 1.54 bits per heavy atom. The Labute approximate surface area is 237 Å². The molecular formula is C31H23IN2O5. The van der Waals surface area contributed by atoms with Crippen LogP contribution in [0.3, 0.4) is 0 Å². The third-order valence-electron chi connectivity index (χ3n) is 6.53. The monoisotopic (exact) mass is 630 g/mol. The van der Waals surface area contributed by atoms with Crippen LogP contribution in [-0.4, -0.2) is 32.4 Å². The number of anilines is 1. The number of benzene rings is 4. The summed E-state index contributed by atoms with van der Waals surface area (Å²) in [4.78, 5) is 37.1. The molecule has 4 aromatic carbocycles. The van der Waals surface area contributed by atoms with Gasteiger partial charge >= 0.3 is 5.97 Å². The van der Waals surface area contributed by atoms with Gasteiger partial charge in [0, 0.05) is 34.2 Å². The number of ketones is 1. The van der Waals surface area contributed by atoms with Crippen molar-refractivity contribution in [2.45, 2.75) is 6.42 Å². The molecule has 0 saturated carbocycles. The summed E-state index contributed by atoms with van der Waals surface area (Å²) in [6, 6.07) is 27.3. The molecule has 0 bridgehead atoms. The number of carboxylic acid groups (broad SMARTS) is 1. The first-order valence-electron chi connectivity index (χ1n) is 12.1. The number of aromatic nitrogens is 1. The Morgan fingerprint density at radius 1 is 0.846 bits per heavy atom. The van der Waals surface area contributed by atoms with Crippen molar-refractivity contribution in [1.82, 2.24) is 4.57 Å². The van der Waals surface area contributed by atoms with Gasteiger partial charge in [-0.15, -0.1) is 0 Å². The summed E-state index contributed by atoms with van der Waals surface area (Å²) in [5, 5.41) is 23.0. The van der Waals surface area contributed by atoms with Crippen LogP contribution in [0.4, 0.5) is 5.69 Å². The molecule has 0 atom stereocenters. The van der Waals surface area contributed by atoms with E-state index in [1.54, 1.807) is 12.1 Å². The minimum atomic E-state index is -1.21. The molecule has 5 aromatic rings. The highest BCUT2D eigenvalue weighted by Gasteiger charge is 2.21. The SMILES string of the molecule is Cn1c(-c2cccc(CC(=O)C(=O)Nc3cccc(-c4ccccc4)c3)c2)c(I)c2cc(C(=O)O)c(O)cc21. The van der Waals surface area contributed by atoms with E-state index >= 15 is 0 Å². The second-order valence-electron chi connectivity index (χ2n) is 9.11. The maximum absolute atomic E-state index is 12.8. The normalized spacial score (nSPS) is 10.9. The quantitative estimate of drug-likeness (QED) is 0.145. The van der Waals surface area contributed by atoms with E-state index in [1.165, 1.54) is 12.1 Å². The average molecular weight is 630 g/mol. The molecule has 0 fully saturated rings. The molecule has 0 aliphatic rings. The number of fused-ring (bicyclic) bond motifs is 1. The molecule has 0 spiro atoms. The van der Waals surface area contributed by atoms with Crippen LogP contribution in [0.15, 0.2) is 91.0 Å². The number of amides is 1. The summed E-state index contributed by atoms with van der Waals surface area (Å²) in [7, 11) is 1.83. The molecule has 0 unspecified atom stereocenters. The van der Waals surface area contributed by atoms with Crippen molar-refractivity contribution in [3.05, 3.63) is 106 Å². The van der Waals surface area contributed by atoms with Crippen molar-refractivity contribution in [3.63, 3.8) is 0 Å². The molecule has 0 saturated heterocycles. The first kappa shape index (κ1) is 26.2. The van der Waals surface area contributed by atoms with Gasteiger partial charge in [0.05, 0.1) is 11.2 Å². The van der Waals surface area contributed by atoms with Crippen LogP contribution in [-0.2, 0) is 23.1 Å². The second-order valence-corrected chi connectivity index (χ2v) is 10.2. The number of aromatic carboxylic acids is 1. The standard InChI is InChI=1S/C31H23IN2O5/c1-34-25-17-26(35)24(31(38)39)16-23(25)28(32)29(34)21-11-5-7-18(13-21)14-27(36)30(37)33-22-12-6-10-20(15-22)19-8-3-2-4-9-19/h2-13,15-17,35H,14H2,1H3,(H,33,37)(H,38,39). The minimum Gasteiger partial charge on any atom is -0.507 e. The molecule has 39 heavy (non-hydrogen) atoms. The van der Waals surface area contributed by atoms with E-state index in [0.29, 0.717) is 22.2 Å². The summed E-state index contributed by atoms with van der Waals surface area (Å²) in [5.74, 6) is -2.78. The molecule has 0 aliphatic heterocycles. The molecular weight excluding hydrogens is 607 g/mol. The smallest absolute Gasteiger partial charge is 0.339 e. The lowest BCUT2D eigenvalue weighted by Crippen LogP contribution is -2.24. The van der Waals surface area contributed by atoms with E-state index in [9.17, 15) is 24.6 Å². The highest BCUT2D eigenvalue weighted by atomic mass is 127. The van der Waals surface area contributed by atoms with Gasteiger partial charge in [0.2, 0.25) is 5.78 Å². The molecule has 0 aliphatic carbocycles. The minimum absolute atomic E-state index is 0.0808. The molecule has 1 heterocycles. The van der Waals surface area contributed by atoms with Gasteiger partial charge in [-0.2, -0.15) is 0 Å². The highest BCUT2D eigenvalue weighted by Crippen LogP contribution is 2.37. The lowest BCUT2D eigenvalue weighted by atomic mass is 10.0. The van der Waals surface area contributed by atoms with E-state index < -0.39 is 17.7 Å². The molecule has 1 aromatic heterocycles. The Kier molecular flexibility index (Phi) is 7.21. The maximum atomic E-state index is 12.8. The van der Waals surface area contributed by atoms with Crippen molar-refractivity contribution in [2.24, 2.45) is 7.05 Å². The Hall–Kier alpha value is -4.44. The number of Topliss-reactive ketones (excluding diaryl/α,β-unsaturated/α-hetero) is 1. The number of aryl methyl sites for hydroxylation is 1. The van der Waals surface area contributed by atoms with Gasteiger partial charge in [-0.05, 0) is 69.1 Å². The van der Waals surface area contributed by atoms with E-state index in [1.807, 2.05) is 78.3 Å². The lowest BCUT2D eigenvalue weighted by molar-refractivity contribution is -0.134. The van der Waals surface area contributed by atoms with Gasteiger partial charge in [0.1, 0.15) is 11.3 Å². The molecule has 194 valence electrons. The largest absolute Gasteiger partial charge is 0.507 e. The number of carbonyl (C=O) groups excluding carboxylic acids is 2. The van der Waals surface area contributed by atoms with E-state index in [4.69, 9.17) is 0 Å². The van der Waals surface area contributed by atoms with Crippen LogP contribution in [0.1, 0.15) is 15.9 Å². The number of carboxylic acids is 1. The summed E-state index contributed by atoms with van der Waals surface area (Å²) in [5.41, 5.74) is 5.27. The van der Waals surface area contributed by atoms with Crippen LogP contribution >= 0.6 is 22.6 Å². The highest BCUT2D eigenvalue weighted by molar-refractivity contribution is 14.1. The van der Waals surface area contributed by atoms with E-state index in [0.717, 1.165) is 26.0 Å². The van der Waals surface area contributed by atoms with Gasteiger partial charge in [0.15, 0.2) is 0 Å². The summed E-state index contributed by atoms with van der Waals surface area (Å²) in [6.45, 7) is 0. The summed E-state index contributed by atoms with van der Waals surface area (Å²) < 4.78 is 2.68. The number of phenols is 1. The first-order chi connectivity index (χ1) is 18.7.